The Morgan fingerprint density at radius 2 is 1.83 bits per heavy atom. The summed E-state index contributed by atoms with van der Waals surface area (Å²) in [5.74, 6) is 3.68. The normalized spacial score (nSPS) is 20.0. The van der Waals surface area contributed by atoms with Crippen LogP contribution in [0.1, 0.15) is 0 Å². The van der Waals surface area contributed by atoms with E-state index >= 15 is 0 Å². The SMILES string of the molecule is C=S1[C]=CC=[C]1. The van der Waals surface area contributed by atoms with Crippen LogP contribution in [0.4, 0.5) is 0 Å². The average molecular weight is 96.2 g/mol. The van der Waals surface area contributed by atoms with Gasteiger partial charge in [-0.25, -0.2) is 0 Å². The molecule has 0 N–H and O–H groups in total. The van der Waals surface area contributed by atoms with Gasteiger partial charge in [0.1, 0.15) is 0 Å². The molecule has 1 aliphatic heterocycles. The van der Waals surface area contributed by atoms with Crippen LogP contribution in [0, 0.1) is 10.8 Å². The molecule has 0 aromatic carbocycles. The summed E-state index contributed by atoms with van der Waals surface area (Å²) < 4.78 is 0. The maximum Gasteiger partial charge on any atom is 0.0192 e. The summed E-state index contributed by atoms with van der Waals surface area (Å²) in [5, 5.41) is 5.89. The zero-order valence-electron chi connectivity index (χ0n) is 3.27. The number of hydrogen-bond acceptors (Lipinski definition) is 0. The first-order valence-electron chi connectivity index (χ1n) is 1.61. The standard InChI is InChI=1S/C5H4S/c1-6-4-2-3-5-6/h2-3H,1H2. The van der Waals surface area contributed by atoms with E-state index in [0.717, 1.165) is 0 Å². The van der Waals surface area contributed by atoms with Crippen molar-refractivity contribution in [2.75, 3.05) is 0 Å². The van der Waals surface area contributed by atoms with Gasteiger partial charge in [-0.15, -0.1) is 10.5 Å². The molecule has 0 spiro atoms. The fraction of sp³-hybridized carbons (Fsp3) is 0. The summed E-state index contributed by atoms with van der Waals surface area (Å²) in [5.41, 5.74) is 0. The zero-order chi connectivity index (χ0) is 4.41. The van der Waals surface area contributed by atoms with Crippen LogP contribution in [0.3, 0.4) is 0 Å². The highest BCUT2D eigenvalue weighted by molar-refractivity contribution is 8.17. The molecule has 1 heterocycles. The van der Waals surface area contributed by atoms with Gasteiger partial charge >= 0.3 is 0 Å². The molecule has 1 heteroatoms. The molecule has 0 amide bonds. The molecule has 0 unspecified atom stereocenters. The summed E-state index contributed by atoms with van der Waals surface area (Å²) >= 11 is 0. The average Bonchev–Trinajstić information content (AvgIpc) is 1.86. The van der Waals surface area contributed by atoms with E-state index in [0.29, 0.717) is 0 Å². The summed E-state index contributed by atoms with van der Waals surface area (Å²) in [4.78, 5) is 0. The van der Waals surface area contributed by atoms with Crippen LogP contribution in [0.15, 0.2) is 12.2 Å². The highest BCUT2D eigenvalue weighted by Crippen LogP contribution is 2.14. The van der Waals surface area contributed by atoms with Crippen LogP contribution < -0.4 is 0 Å². The Balaban J connectivity index is 2.86. The van der Waals surface area contributed by atoms with Crippen molar-refractivity contribution in [3.8, 4) is 0 Å². The molecule has 0 aromatic heterocycles. The highest BCUT2D eigenvalue weighted by atomic mass is 32.2. The molecule has 0 nitrogen and oxygen atoms in total. The summed E-state index contributed by atoms with van der Waals surface area (Å²) in [6.07, 6.45) is 3.69. The maximum atomic E-state index is 3.68. The van der Waals surface area contributed by atoms with Crippen LogP contribution in [0.2, 0.25) is 0 Å². The Labute approximate surface area is 40.1 Å². The quantitative estimate of drug-likeness (QED) is 0.399. The van der Waals surface area contributed by atoms with Crippen LogP contribution in [0.5, 0.6) is 0 Å². The van der Waals surface area contributed by atoms with Crippen LogP contribution >= 0.6 is 10.5 Å². The van der Waals surface area contributed by atoms with Gasteiger partial charge in [0.05, 0.1) is 0 Å². The molecular weight excluding hydrogens is 92.1 g/mol. The largest absolute Gasteiger partial charge is 0.128 e. The predicted molar refractivity (Wildman–Crippen MR) is 30.3 cm³/mol. The van der Waals surface area contributed by atoms with Gasteiger partial charge in [0.25, 0.3) is 0 Å². The molecular formula is C5H4S. The van der Waals surface area contributed by atoms with E-state index < -0.39 is 0 Å². The van der Waals surface area contributed by atoms with Crippen LogP contribution in [-0.2, 0) is 0 Å². The van der Waals surface area contributed by atoms with Crippen molar-refractivity contribution in [3.05, 3.63) is 23.0 Å². The number of hydrogen-bond donors (Lipinski definition) is 0. The third kappa shape index (κ3) is 0.601. The van der Waals surface area contributed by atoms with Gasteiger partial charge in [0, 0.05) is 10.8 Å². The Hall–Kier alpha value is -0.300. The van der Waals surface area contributed by atoms with Crippen molar-refractivity contribution in [1.82, 2.24) is 0 Å². The lowest BCUT2D eigenvalue weighted by atomic mass is 10.6. The maximum absolute atomic E-state index is 3.68. The minimum Gasteiger partial charge on any atom is -0.128 e. The first-order chi connectivity index (χ1) is 2.89. The molecule has 0 aliphatic carbocycles. The molecule has 0 saturated carbocycles. The molecule has 30 valence electrons. The Morgan fingerprint density at radius 3 is 2.00 bits per heavy atom. The van der Waals surface area contributed by atoms with Gasteiger partial charge < -0.3 is 0 Å². The fourth-order valence-corrected chi connectivity index (χ4v) is 0.799. The Kier molecular flexibility index (Phi) is 0.926. The zero-order valence-corrected chi connectivity index (χ0v) is 4.09. The van der Waals surface area contributed by atoms with Crippen molar-refractivity contribution >= 4 is 16.4 Å². The second kappa shape index (κ2) is 1.43. The van der Waals surface area contributed by atoms with Gasteiger partial charge in [-0.3, -0.25) is 0 Å². The van der Waals surface area contributed by atoms with Crippen LogP contribution in [-0.4, -0.2) is 5.87 Å². The van der Waals surface area contributed by atoms with Crippen molar-refractivity contribution < 1.29 is 0 Å². The first-order valence-corrected chi connectivity index (χ1v) is 3.00. The molecule has 0 aromatic rings. The first kappa shape index (κ1) is 3.88. The molecule has 0 saturated heterocycles. The minimum atomic E-state index is -0.0340. The van der Waals surface area contributed by atoms with Gasteiger partial charge in [0.15, 0.2) is 0 Å². The molecule has 6 heavy (non-hydrogen) atoms. The monoisotopic (exact) mass is 96.0 g/mol. The minimum absolute atomic E-state index is 0.0340. The van der Waals surface area contributed by atoms with Crippen molar-refractivity contribution in [3.63, 3.8) is 0 Å². The second-order valence-corrected chi connectivity index (χ2v) is 2.21. The van der Waals surface area contributed by atoms with E-state index in [2.05, 4.69) is 16.7 Å². The van der Waals surface area contributed by atoms with Gasteiger partial charge in [0.2, 0.25) is 0 Å². The lowest BCUT2D eigenvalue weighted by Crippen LogP contribution is -1.38. The van der Waals surface area contributed by atoms with E-state index in [1.807, 2.05) is 12.2 Å². The molecule has 1 rings (SSSR count). The predicted octanol–water partition coefficient (Wildman–Crippen LogP) is 1.33. The Bertz CT molecular complexity index is 106. The number of rotatable bonds is 0. The molecule has 0 atom stereocenters. The molecule has 0 bridgehead atoms. The summed E-state index contributed by atoms with van der Waals surface area (Å²) in [6.45, 7) is 0. The Morgan fingerprint density at radius 1 is 1.33 bits per heavy atom. The van der Waals surface area contributed by atoms with Gasteiger partial charge in [-0.1, -0.05) is 5.87 Å². The van der Waals surface area contributed by atoms with E-state index in [1.165, 1.54) is 0 Å². The third-order valence-corrected chi connectivity index (χ3v) is 1.35. The van der Waals surface area contributed by atoms with Crippen molar-refractivity contribution in [2.24, 2.45) is 0 Å². The summed E-state index contributed by atoms with van der Waals surface area (Å²) in [7, 11) is -0.0340. The number of allylic oxidation sites excluding steroid dienone is 2. The van der Waals surface area contributed by atoms with Crippen molar-refractivity contribution in [1.29, 1.82) is 0 Å². The highest BCUT2D eigenvalue weighted by Gasteiger charge is 1.81. The molecule has 0 fully saturated rings. The molecule has 2 radical (unpaired) electrons. The van der Waals surface area contributed by atoms with Gasteiger partial charge in [-0.05, 0) is 12.2 Å². The fourth-order valence-electron chi connectivity index (χ4n) is 0.266. The third-order valence-electron chi connectivity index (χ3n) is 0.504. The summed E-state index contributed by atoms with van der Waals surface area (Å²) in [6, 6.07) is 0. The lowest BCUT2D eigenvalue weighted by molar-refractivity contribution is 2.08. The lowest BCUT2D eigenvalue weighted by Gasteiger charge is -1.72. The topological polar surface area (TPSA) is 0 Å². The van der Waals surface area contributed by atoms with E-state index in [1.54, 1.807) is 0 Å². The smallest absolute Gasteiger partial charge is 0.0192 e. The van der Waals surface area contributed by atoms with E-state index in [4.69, 9.17) is 0 Å². The second-order valence-electron chi connectivity index (χ2n) is 0.960. The van der Waals surface area contributed by atoms with E-state index in [9.17, 15) is 0 Å². The van der Waals surface area contributed by atoms with E-state index in [-0.39, 0.29) is 10.5 Å². The van der Waals surface area contributed by atoms with Crippen molar-refractivity contribution in [2.45, 2.75) is 0 Å². The molecule has 1 aliphatic rings. The van der Waals surface area contributed by atoms with Gasteiger partial charge in [-0.2, -0.15) is 0 Å². The van der Waals surface area contributed by atoms with Crippen LogP contribution in [0.25, 0.3) is 0 Å².